The zero-order valence-electron chi connectivity index (χ0n) is 9.10. The standard InChI is InChI=1S/C12H16ClFN2/c13-11-4-1-9(7-12(11)14)8-15-5-6-16-10-2-3-10/h1,4,7,10,15-16H,2-3,5-6,8H2. The minimum absolute atomic E-state index is 0.180. The van der Waals surface area contributed by atoms with Crippen molar-refractivity contribution in [2.24, 2.45) is 0 Å². The Morgan fingerprint density at radius 3 is 2.81 bits per heavy atom. The van der Waals surface area contributed by atoms with E-state index >= 15 is 0 Å². The molecule has 1 aliphatic rings. The molecule has 4 heteroatoms. The van der Waals surface area contributed by atoms with Crippen molar-refractivity contribution in [3.05, 3.63) is 34.6 Å². The van der Waals surface area contributed by atoms with Crippen molar-refractivity contribution in [2.75, 3.05) is 13.1 Å². The molecule has 0 amide bonds. The van der Waals surface area contributed by atoms with Gasteiger partial charge in [0, 0.05) is 25.7 Å². The van der Waals surface area contributed by atoms with Crippen molar-refractivity contribution in [1.29, 1.82) is 0 Å². The first-order chi connectivity index (χ1) is 7.75. The van der Waals surface area contributed by atoms with Crippen molar-refractivity contribution in [2.45, 2.75) is 25.4 Å². The number of halogens is 2. The summed E-state index contributed by atoms with van der Waals surface area (Å²) in [6, 6.07) is 5.65. The van der Waals surface area contributed by atoms with Crippen molar-refractivity contribution in [3.8, 4) is 0 Å². The van der Waals surface area contributed by atoms with Gasteiger partial charge in [-0.3, -0.25) is 0 Å². The second-order valence-electron chi connectivity index (χ2n) is 4.15. The van der Waals surface area contributed by atoms with E-state index in [2.05, 4.69) is 10.6 Å². The summed E-state index contributed by atoms with van der Waals surface area (Å²) in [5, 5.41) is 6.84. The van der Waals surface area contributed by atoms with E-state index in [4.69, 9.17) is 11.6 Å². The Morgan fingerprint density at radius 2 is 2.12 bits per heavy atom. The van der Waals surface area contributed by atoms with Gasteiger partial charge in [-0.1, -0.05) is 17.7 Å². The lowest BCUT2D eigenvalue weighted by Gasteiger charge is -2.06. The average molecular weight is 243 g/mol. The Balaban J connectivity index is 1.65. The monoisotopic (exact) mass is 242 g/mol. The van der Waals surface area contributed by atoms with Gasteiger partial charge in [-0.25, -0.2) is 4.39 Å². The molecule has 0 spiro atoms. The van der Waals surface area contributed by atoms with Crippen LogP contribution in [-0.4, -0.2) is 19.1 Å². The quantitative estimate of drug-likeness (QED) is 0.749. The normalized spacial score (nSPS) is 15.4. The van der Waals surface area contributed by atoms with Crippen LogP contribution in [0, 0.1) is 5.82 Å². The highest BCUT2D eigenvalue weighted by Gasteiger charge is 2.19. The molecule has 0 heterocycles. The minimum atomic E-state index is -0.350. The maximum atomic E-state index is 13.1. The molecule has 0 bridgehead atoms. The van der Waals surface area contributed by atoms with Crippen LogP contribution < -0.4 is 10.6 Å². The first kappa shape index (κ1) is 11.8. The summed E-state index contributed by atoms with van der Waals surface area (Å²) in [5.41, 5.74) is 0.924. The van der Waals surface area contributed by atoms with Crippen molar-refractivity contribution in [3.63, 3.8) is 0 Å². The maximum absolute atomic E-state index is 13.1. The van der Waals surface area contributed by atoms with Gasteiger partial charge >= 0.3 is 0 Å². The van der Waals surface area contributed by atoms with E-state index < -0.39 is 0 Å². The summed E-state index contributed by atoms with van der Waals surface area (Å²) in [4.78, 5) is 0. The molecule has 2 nitrogen and oxygen atoms in total. The first-order valence-electron chi connectivity index (χ1n) is 5.64. The third kappa shape index (κ3) is 3.74. The van der Waals surface area contributed by atoms with Gasteiger partial charge in [0.1, 0.15) is 5.82 Å². The summed E-state index contributed by atoms with van der Waals surface area (Å²) in [6.45, 7) is 2.56. The molecule has 16 heavy (non-hydrogen) atoms. The molecule has 1 aromatic carbocycles. The van der Waals surface area contributed by atoms with E-state index in [1.807, 2.05) is 6.07 Å². The van der Waals surface area contributed by atoms with Crippen molar-refractivity contribution >= 4 is 11.6 Å². The lowest BCUT2D eigenvalue weighted by molar-refractivity contribution is 0.600. The molecule has 1 aromatic rings. The van der Waals surface area contributed by atoms with Gasteiger partial charge in [-0.05, 0) is 30.5 Å². The lowest BCUT2D eigenvalue weighted by atomic mass is 10.2. The molecular weight excluding hydrogens is 227 g/mol. The van der Waals surface area contributed by atoms with Crippen LogP contribution in [0.15, 0.2) is 18.2 Å². The van der Waals surface area contributed by atoms with Gasteiger partial charge in [0.2, 0.25) is 0 Å². The molecule has 0 aliphatic heterocycles. The molecule has 0 atom stereocenters. The van der Waals surface area contributed by atoms with E-state index in [9.17, 15) is 4.39 Å². The highest BCUT2D eigenvalue weighted by atomic mass is 35.5. The zero-order valence-corrected chi connectivity index (χ0v) is 9.86. The van der Waals surface area contributed by atoms with E-state index in [0.29, 0.717) is 6.54 Å². The molecule has 1 saturated carbocycles. The Hall–Kier alpha value is -0.640. The molecule has 0 unspecified atom stereocenters. The predicted octanol–water partition coefficient (Wildman–Crippen LogP) is 2.32. The van der Waals surface area contributed by atoms with Crippen LogP contribution in [0.25, 0.3) is 0 Å². The van der Waals surface area contributed by atoms with E-state index in [-0.39, 0.29) is 10.8 Å². The summed E-state index contributed by atoms with van der Waals surface area (Å²) >= 11 is 5.60. The summed E-state index contributed by atoms with van der Waals surface area (Å²) in [6.07, 6.45) is 2.62. The van der Waals surface area contributed by atoms with Crippen molar-refractivity contribution in [1.82, 2.24) is 10.6 Å². The molecule has 2 N–H and O–H groups in total. The molecule has 0 radical (unpaired) electrons. The maximum Gasteiger partial charge on any atom is 0.142 e. The fourth-order valence-electron chi connectivity index (χ4n) is 1.53. The Kier molecular flexibility index (Phi) is 4.16. The van der Waals surface area contributed by atoms with Crippen LogP contribution in [0.3, 0.4) is 0 Å². The second-order valence-corrected chi connectivity index (χ2v) is 4.56. The van der Waals surface area contributed by atoms with Crippen LogP contribution in [0.1, 0.15) is 18.4 Å². The highest BCUT2D eigenvalue weighted by Crippen LogP contribution is 2.18. The molecule has 2 rings (SSSR count). The topological polar surface area (TPSA) is 24.1 Å². The third-order valence-corrected chi connectivity index (χ3v) is 2.93. The van der Waals surface area contributed by atoms with Gasteiger partial charge < -0.3 is 10.6 Å². The van der Waals surface area contributed by atoms with Crippen LogP contribution in [0.2, 0.25) is 5.02 Å². The second kappa shape index (κ2) is 5.62. The Morgan fingerprint density at radius 1 is 1.31 bits per heavy atom. The number of hydrogen-bond acceptors (Lipinski definition) is 2. The minimum Gasteiger partial charge on any atom is -0.313 e. The zero-order chi connectivity index (χ0) is 11.4. The fourth-order valence-corrected chi connectivity index (χ4v) is 1.65. The largest absolute Gasteiger partial charge is 0.313 e. The van der Waals surface area contributed by atoms with E-state index in [1.165, 1.54) is 18.9 Å². The van der Waals surface area contributed by atoms with Gasteiger partial charge in [0.05, 0.1) is 5.02 Å². The molecule has 1 fully saturated rings. The Bertz CT molecular complexity index is 353. The van der Waals surface area contributed by atoms with Crippen LogP contribution in [-0.2, 0) is 6.54 Å². The van der Waals surface area contributed by atoms with Gasteiger partial charge in [0.15, 0.2) is 0 Å². The molecule has 0 saturated heterocycles. The van der Waals surface area contributed by atoms with Crippen LogP contribution in [0.4, 0.5) is 4.39 Å². The predicted molar refractivity (Wildman–Crippen MR) is 64.1 cm³/mol. The average Bonchev–Trinajstić information content (AvgIpc) is 3.07. The number of benzene rings is 1. The third-order valence-electron chi connectivity index (χ3n) is 2.63. The van der Waals surface area contributed by atoms with Gasteiger partial charge in [-0.15, -0.1) is 0 Å². The SMILES string of the molecule is Fc1cc(CNCCNC2CC2)ccc1Cl. The summed E-state index contributed by atoms with van der Waals surface area (Å²) < 4.78 is 13.1. The van der Waals surface area contributed by atoms with E-state index in [1.54, 1.807) is 6.07 Å². The van der Waals surface area contributed by atoms with Crippen LogP contribution in [0.5, 0.6) is 0 Å². The van der Waals surface area contributed by atoms with Gasteiger partial charge in [-0.2, -0.15) is 0 Å². The Labute approximate surface area is 100 Å². The van der Waals surface area contributed by atoms with Gasteiger partial charge in [0.25, 0.3) is 0 Å². The molecular formula is C12H16ClFN2. The van der Waals surface area contributed by atoms with E-state index in [0.717, 1.165) is 24.7 Å². The summed E-state index contributed by atoms with van der Waals surface area (Å²) in [5.74, 6) is -0.350. The molecule has 1 aliphatic carbocycles. The van der Waals surface area contributed by atoms with Crippen molar-refractivity contribution < 1.29 is 4.39 Å². The number of rotatable bonds is 6. The number of nitrogens with one attached hydrogen (secondary N) is 2. The number of hydrogen-bond donors (Lipinski definition) is 2. The summed E-state index contributed by atoms with van der Waals surface area (Å²) in [7, 11) is 0. The first-order valence-corrected chi connectivity index (χ1v) is 6.01. The smallest absolute Gasteiger partial charge is 0.142 e. The highest BCUT2D eigenvalue weighted by molar-refractivity contribution is 6.30. The molecule has 88 valence electrons. The fraction of sp³-hybridized carbons (Fsp3) is 0.500. The molecule has 0 aromatic heterocycles. The lowest BCUT2D eigenvalue weighted by Crippen LogP contribution is -2.28. The van der Waals surface area contributed by atoms with Crippen LogP contribution >= 0.6 is 11.6 Å².